The highest BCUT2D eigenvalue weighted by Crippen LogP contribution is 2.31. The monoisotopic (exact) mass is 196 g/mol. The van der Waals surface area contributed by atoms with E-state index in [2.05, 4.69) is 6.58 Å². The van der Waals surface area contributed by atoms with E-state index in [-0.39, 0.29) is 11.7 Å². The normalized spacial score (nSPS) is 21.6. The lowest BCUT2D eigenvalue weighted by molar-refractivity contribution is -0.140. The van der Waals surface area contributed by atoms with Gasteiger partial charge in [0.25, 0.3) is 0 Å². The van der Waals surface area contributed by atoms with E-state index in [0.29, 0.717) is 6.42 Å². The minimum atomic E-state index is -0.642. The van der Waals surface area contributed by atoms with Gasteiger partial charge in [-0.2, -0.15) is 0 Å². The standard InChI is InChI=1S/C12H20O2/c1-4-12(3,14-5-2)11(13)10-8-6-7-9-10/h5,10H,2,4,6-9H2,1,3H3. The Kier molecular flexibility index (Phi) is 3.73. The predicted molar refractivity (Wildman–Crippen MR) is 56.9 cm³/mol. The second-order valence-electron chi connectivity index (χ2n) is 4.21. The number of rotatable bonds is 5. The molecule has 1 unspecified atom stereocenters. The number of hydrogen-bond acceptors (Lipinski definition) is 2. The van der Waals surface area contributed by atoms with Crippen molar-refractivity contribution in [1.82, 2.24) is 0 Å². The van der Waals surface area contributed by atoms with E-state index in [9.17, 15) is 4.79 Å². The van der Waals surface area contributed by atoms with Crippen LogP contribution in [0.5, 0.6) is 0 Å². The Morgan fingerprint density at radius 3 is 2.57 bits per heavy atom. The van der Waals surface area contributed by atoms with E-state index in [4.69, 9.17) is 4.74 Å². The lowest BCUT2D eigenvalue weighted by atomic mass is 9.87. The highest BCUT2D eigenvalue weighted by molar-refractivity contribution is 5.89. The molecule has 0 heterocycles. The van der Waals surface area contributed by atoms with Gasteiger partial charge in [-0.25, -0.2) is 0 Å². The van der Waals surface area contributed by atoms with Crippen LogP contribution in [0.3, 0.4) is 0 Å². The second-order valence-corrected chi connectivity index (χ2v) is 4.21. The van der Waals surface area contributed by atoms with Crippen LogP contribution in [-0.4, -0.2) is 11.4 Å². The van der Waals surface area contributed by atoms with E-state index in [0.717, 1.165) is 12.8 Å². The van der Waals surface area contributed by atoms with Gasteiger partial charge in [-0.05, 0) is 26.2 Å². The van der Waals surface area contributed by atoms with Crippen LogP contribution in [0.1, 0.15) is 46.0 Å². The van der Waals surface area contributed by atoms with Gasteiger partial charge in [0.15, 0.2) is 11.4 Å². The van der Waals surface area contributed by atoms with Crippen molar-refractivity contribution < 1.29 is 9.53 Å². The largest absolute Gasteiger partial charge is 0.488 e. The molecule has 1 aliphatic carbocycles. The fraction of sp³-hybridized carbons (Fsp3) is 0.750. The Balaban J connectivity index is 2.67. The predicted octanol–water partition coefficient (Wildman–Crippen LogP) is 3.07. The van der Waals surface area contributed by atoms with Crippen molar-refractivity contribution in [3.63, 3.8) is 0 Å². The summed E-state index contributed by atoms with van der Waals surface area (Å²) in [5.74, 6) is 0.484. The fourth-order valence-electron chi connectivity index (χ4n) is 2.12. The molecule has 0 aromatic heterocycles. The molecule has 0 aliphatic heterocycles. The van der Waals surface area contributed by atoms with Crippen molar-refractivity contribution in [2.24, 2.45) is 5.92 Å². The maximum atomic E-state index is 12.1. The number of Topliss-reactive ketones (excluding diaryl/α,β-unsaturated/α-hetero) is 1. The minimum absolute atomic E-state index is 0.222. The van der Waals surface area contributed by atoms with E-state index in [1.807, 2.05) is 13.8 Å². The molecule has 0 aromatic carbocycles. The smallest absolute Gasteiger partial charge is 0.179 e. The molecule has 0 saturated heterocycles. The molecule has 0 spiro atoms. The first kappa shape index (κ1) is 11.3. The van der Waals surface area contributed by atoms with Crippen LogP contribution in [0.4, 0.5) is 0 Å². The first-order valence-corrected chi connectivity index (χ1v) is 5.47. The zero-order valence-electron chi connectivity index (χ0n) is 9.21. The van der Waals surface area contributed by atoms with Crippen LogP contribution < -0.4 is 0 Å². The molecular weight excluding hydrogens is 176 g/mol. The molecule has 1 atom stereocenters. The van der Waals surface area contributed by atoms with Gasteiger partial charge in [0.05, 0.1) is 6.26 Å². The summed E-state index contributed by atoms with van der Waals surface area (Å²) in [6, 6.07) is 0. The SMILES string of the molecule is C=COC(C)(CC)C(=O)C1CCCC1. The van der Waals surface area contributed by atoms with Crippen molar-refractivity contribution in [2.75, 3.05) is 0 Å². The van der Waals surface area contributed by atoms with Crippen molar-refractivity contribution >= 4 is 5.78 Å². The molecule has 0 N–H and O–H groups in total. The molecule has 1 fully saturated rings. The Bertz CT molecular complexity index is 216. The Morgan fingerprint density at radius 1 is 1.57 bits per heavy atom. The summed E-state index contributed by atoms with van der Waals surface area (Å²) >= 11 is 0. The van der Waals surface area contributed by atoms with Gasteiger partial charge in [-0.3, -0.25) is 4.79 Å². The number of carbonyl (C=O) groups excluding carboxylic acids is 1. The lowest BCUT2D eigenvalue weighted by Gasteiger charge is -2.28. The summed E-state index contributed by atoms with van der Waals surface area (Å²) in [6.07, 6.45) is 6.54. The van der Waals surface area contributed by atoms with Crippen LogP contribution in [-0.2, 0) is 9.53 Å². The summed E-state index contributed by atoms with van der Waals surface area (Å²) in [4.78, 5) is 12.1. The van der Waals surface area contributed by atoms with Crippen molar-refractivity contribution in [2.45, 2.75) is 51.6 Å². The van der Waals surface area contributed by atoms with Crippen LogP contribution in [0.15, 0.2) is 12.8 Å². The van der Waals surface area contributed by atoms with Gasteiger partial charge < -0.3 is 4.74 Å². The number of ketones is 1. The number of ether oxygens (including phenoxy) is 1. The van der Waals surface area contributed by atoms with Gasteiger partial charge in [-0.1, -0.05) is 26.3 Å². The Morgan fingerprint density at radius 2 is 2.14 bits per heavy atom. The molecule has 0 radical (unpaired) electrons. The second kappa shape index (κ2) is 4.63. The Labute approximate surface area is 86.3 Å². The third kappa shape index (κ3) is 2.17. The fourth-order valence-corrected chi connectivity index (χ4v) is 2.12. The molecule has 0 amide bonds. The van der Waals surface area contributed by atoms with Crippen molar-refractivity contribution in [3.8, 4) is 0 Å². The highest BCUT2D eigenvalue weighted by Gasteiger charge is 2.38. The molecule has 0 bridgehead atoms. The van der Waals surface area contributed by atoms with Gasteiger partial charge in [0.1, 0.15) is 0 Å². The van der Waals surface area contributed by atoms with Gasteiger partial charge >= 0.3 is 0 Å². The third-order valence-corrected chi connectivity index (χ3v) is 3.27. The summed E-state index contributed by atoms with van der Waals surface area (Å²) in [5, 5.41) is 0. The average molecular weight is 196 g/mol. The topological polar surface area (TPSA) is 26.3 Å². The first-order chi connectivity index (χ1) is 6.64. The van der Waals surface area contributed by atoms with Crippen molar-refractivity contribution in [1.29, 1.82) is 0 Å². The molecule has 0 aromatic rings. The molecular formula is C12H20O2. The maximum Gasteiger partial charge on any atom is 0.179 e. The molecule has 1 rings (SSSR count). The molecule has 2 nitrogen and oxygen atoms in total. The lowest BCUT2D eigenvalue weighted by Crippen LogP contribution is -2.40. The molecule has 14 heavy (non-hydrogen) atoms. The molecule has 2 heteroatoms. The highest BCUT2D eigenvalue weighted by atomic mass is 16.5. The summed E-state index contributed by atoms with van der Waals surface area (Å²) < 4.78 is 5.37. The number of carbonyl (C=O) groups is 1. The molecule has 1 saturated carbocycles. The van der Waals surface area contributed by atoms with Gasteiger partial charge in [-0.15, -0.1) is 0 Å². The van der Waals surface area contributed by atoms with Gasteiger partial charge in [0, 0.05) is 5.92 Å². The van der Waals surface area contributed by atoms with E-state index >= 15 is 0 Å². The zero-order chi connectivity index (χ0) is 10.6. The first-order valence-electron chi connectivity index (χ1n) is 5.47. The third-order valence-electron chi connectivity index (χ3n) is 3.27. The Hall–Kier alpha value is -0.790. The molecule has 80 valence electrons. The molecule has 1 aliphatic rings. The van der Waals surface area contributed by atoms with Crippen LogP contribution in [0.25, 0.3) is 0 Å². The average Bonchev–Trinajstić information content (AvgIpc) is 2.69. The van der Waals surface area contributed by atoms with E-state index in [1.165, 1.54) is 19.1 Å². The van der Waals surface area contributed by atoms with Crippen LogP contribution in [0, 0.1) is 5.92 Å². The summed E-state index contributed by atoms with van der Waals surface area (Å²) in [5.41, 5.74) is -0.642. The van der Waals surface area contributed by atoms with E-state index < -0.39 is 5.60 Å². The quantitative estimate of drug-likeness (QED) is 0.632. The van der Waals surface area contributed by atoms with Crippen LogP contribution in [0.2, 0.25) is 0 Å². The summed E-state index contributed by atoms with van der Waals surface area (Å²) in [7, 11) is 0. The maximum absolute atomic E-state index is 12.1. The number of hydrogen-bond donors (Lipinski definition) is 0. The van der Waals surface area contributed by atoms with Crippen LogP contribution >= 0.6 is 0 Å². The van der Waals surface area contributed by atoms with Gasteiger partial charge in [0.2, 0.25) is 0 Å². The van der Waals surface area contributed by atoms with E-state index in [1.54, 1.807) is 0 Å². The minimum Gasteiger partial charge on any atom is -0.488 e. The summed E-state index contributed by atoms with van der Waals surface area (Å²) in [6.45, 7) is 7.38. The van der Waals surface area contributed by atoms with Crippen molar-refractivity contribution in [3.05, 3.63) is 12.8 Å². The zero-order valence-corrected chi connectivity index (χ0v) is 9.21.